The first kappa shape index (κ1) is 31.8. The molecular formula is C34H52O9. The van der Waals surface area contributed by atoms with E-state index in [4.69, 9.17) is 28.4 Å². The average molecular weight is 605 g/mol. The lowest BCUT2D eigenvalue weighted by Gasteiger charge is -2.46. The highest BCUT2D eigenvalue weighted by Gasteiger charge is 2.51. The lowest BCUT2D eigenvalue weighted by Crippen LogP contribution is -2.57. The Bertz CT molecular complexity index is 994. The van der Waals surface area contributed by atoms with Crippen molar-refractivity contribution in [2.75, 3.05) is 26.4 Å². The fourth-order valence-electron chi connectivity index (χ4n) is 8.44. The molecule has 10 unspecified atom stereocenters. The van der Waals surface area contributed by atoms with Gasteiger partial charge in [0, 0.05) is 38.9 Å². The van der Waals surface area contributed by atoms with Gasteiger partial charge in [-0.3, -0.25) is 4.79 Å². The Balaban J connectivity index is 1.07. The van der Waals surface area contributed by atoms with E-state index in [1.54, 1.807) is 0 Å². The van der Waals surface area contributed by atoms with Gasteiger partial charge in [-0.1, -0.05) is 20.1 Å². The van der Waals surface area contributed by atoms with Gasteiger partial charge in [0.25, 0.3) is 0 Å². The van der Waals surface area contributed by atoms with Crippen molar-refractivity contribution in [2.24, 2.45) is 17.8 Å². The minimum absolute atomic E-state index is 0.0900. The first-order chi connectivity index (χ1) is 20.8. The maximum Gasteiger partial charge on any atom is 0.135 e. The maximum atomic E-state index is 12.7. The number of carbonyl (C=O) groups is 1. The molecule has 242 valence electrons. The molecule has 0 amide bonds. The second-order valence-electron chi connectivity index (χ2n) is 14.1. The predicted molar refractivity (Wildman–Crippen MR) is 159 cm³/mol. The summed E-state index contributed by atoms with van der Waals surface area (Å²) in [7, 11) is 0. The molecule has 43 heavy (non-hydrogen) atoms. The van der Waals surface area contributed by atoms with Crippen LogP contribution in [0.15, 0.2) is 24.3 Å². The Morgan fingerprint density at radius 3 is 2.42 bits per heavy atom. The summed E-state index contributed by atoms with van der Waals surface area (Å²) in [5, 5.41) is 22.5. The molecule has 0 spiro atoms. The first-order valence-corrected chi connectivity index (χ1v) is 16.8. The summed E-state index contributed by atoms with van der Waals surface area (Å²) in [5.74, 6) is 0.879. The molecule has 6 heterocycles. The van der Waals surface area contributed by atoms with Gasteiger partial charge in [0.1, 0.15) is 18.0 Å². The molecule has 2 N–H and O–H groups in total. The SMILES string of the molecule is C=C1COC(CC(C2C[C@@H](O)C(C3CC(O)C4OC(CC(=O)CC5CCOC5)CCC4O3)O2)[C@@H]2C[C@H](CC)OCC2=C)C1. The molecule has 9 nitrogen and oxygen atoms in total. The fraction of sp³-hybridized carbons (Fsp3) is 0.853. The predicted octanol–water partition coefficient (Wildman–Crippen LogP) is 3.68. The normalized spacial score (nSPS) is 44.4. The second kappa shape index (κ2) is 14.1. The summed E-state index contributed by atoms with van der Waals surface area (Å²) in [6, 6.07) is 0. The Kier molecular flexibility index (Phi) is 10.4. The molecule has 0 aliphatic carbocycles. The zero-order chi connectivity index (χ0) is 30.1. The zero-order valence-electron chi connectivity index (χ0n) is 25.8. The van der Waals surface area contributed by atoms with Crippen molar-refractivity contribution in [3.8, 4) is 0 Å². The van der Waals surface area contributed by atoms with Crippen molar-refractivity contribution in [3.63, 3.8) is 0 Å². The van der Waals surface area contributed by atoms with E-state index in [0.29, 0.717) is 64.3 Å². The Labute approximate surface area is 256 Å². The first-order valence-electron chi connectivity index (χ1n) is 16.8. The van der Waals surface area contributed by atoms with Gasteiger partial charge in [0.2, 0.25) is 0 Å². The average Bonchev–Trinajstić information content (AvgIpc) is 3.74. The monoisotopic (exact) mass is 604 g/mol. The Hall–Kier alpha value is -1.17. The van der Waals surface area contributed by atoms with Crippen LogP contribution in [0.4, 0.5) is 0 Å². The van der Waals surface area contributed by atoms with Crippen molar-refractivity contribution in [1.29, 1.82) is 0 Å². The van der Waals surface area contributed by atoms with Gasteiger partial charge in [-0.25, -0.2) is 0 Å². The van der Waals surface area contributed by atoms with Crippen molar-refractivity contribution >= 4 is 5.78 Å². The minimum atomic E-state index is -0.742. The third-order valence-electron chi connectivity index (χ3n) is 10.8. The molecule has 6 fully saturated rings. The van der Waals surface area contributed by atoms with Crippen LogP contribution in [0.2, 0.25) is 0 Å². The highest BCUT2D eigenvalue weighted by molar-refractivity contribution is 5.79. The quantitative estimate of drug-likeness (QED) is 0.361. The second-order valence-corrected chi connectivity index (χ2v) is 14.1. The lowest BCUT2D eigenvalue weighted by atomic mass is 9.74. The van der Waals surface area contributed by atoms with Crippen LogP contribution in [0.3, 0.4) is 0 Å². The number of hydrogen-bond donors (Lipinski definition) is 2. The van der Waals surface area contributed by atoms with Gasteiger partial charge in [0.15, 0.2) is 0 Å². The van der Waals surface area contributed by atoms with Gasteiger partial charge in [-0.05, 0) is 73.8 Å². The van der Waals surface area contributed by atoms with Crippen LogP contribution in [0.25, 0.3) is 0 Å². The number of ether oxygens (including phenoxy) is 6. The number of aliphatic hydroxyl groups is 2. The number of ketones is 1. The van der Waals surface area contributed by atoms with Crippen LogP contribution < -0.4 is 0 Å². The molecule has 6 rings (SSSR count). The summed E-state index contributed by atoms with van der Waals surface area (Å²) >= 11 is 0. The lowest BCUT2D eigenvalue weighted by molar-refractivity contribution is -0.248. The van der Waals surface area contributed by atoms with Crippen LogP contribution >= 0.6 is 0 Å². The van der Waals surface area contributed by atoms with E-state index in [1.165, 1.54) is 0 Å². The number of rotatable bonds is 10. The van der Waals surface area contributed by atoms with Gasteiger partial charge in [0.05, 0.1) is 62.0 Å². The van der Waals surface area contributed by atoms with Gasteiger partial charge >= 0.3 is 0 Å². The topological polar surface area (TPSA) is 113 Å². The molecule has 0 radical (unpaired) electrons. The summed E-state index contributed by atoms with van der Waals surface area (Å²) < 4.78 is 37.0. The van der Waals surface area contributed by atoms with Crippen LogP contribution in [0.5, 0.6) is 0 Å². The summed E-state index contributed by atoms with van der Waals surface area (Å²) in [4.78, 5) is 12.7. The van der Waals surface area contributed by atoms with E-state index in [9.17, 15) is 15.0 Å². The summed E-state index contributed by atoms with van der Waals surface area (Å²) in [6.07, 6.45) is 4.42. The molecule has 0 aromatic rings. The largest absolute Gasteiger partial charge is 0.390 e. The van der Waals surface area contributed by atoms with Crippen LogP contribution in [-0.4, -0.2) is 103 Å². The number of fused-ring (bicyclic) bond motifs is 1. The molecule has 0 aromatic carbocycles. The van der Waals surface area contributed by atoms with E-state index in [1.807, 2.05) is 0 Å². The van der Waals surface area contributed by atoms with Gasteiger partial charge < -0.3 is 38.6 Å². The van der Waals surface area contributed by atoms with Crippen molar-refractivity contribution in [3.05, 3.63) is 24.3 Å². The van der Waals surface area contributed by atoms with E-state index in [0.717, 1.165) is 49.9 Å². The van der Waals surface area contributed by atoms with Gasteiger partial charge in [-0.15, -0.1) is 0 Å². The van der Waals surface area contributed by atoms with Gasteiger partial charge in [-0.2, -0.15) is 0 Å². The molecule has 9 heteroatoms. The summed E-state index contributed by atoms with van der Waals surface area (Å²) in [6.45, 7) is 13.2. The van der Waals surface area contributed by atoms with Crippen molar-refractivity contribution < 1.29 is 43.4 Å². The highest BCUT2D eigenvalue weighted by atomic mass is 16.6. The van der Waals surface area contributed by atoms with E-state index in [-0.39, 0.29) is 48.1 Å². The molecule has 0 bridgehead atoms. The summed E-state index contributed by atoms with van der Waals surface area (Å²) in [5.41, 5.74) is 2.21. The molecule has 0 saturated carbocycles. The van der Waals surface area contributed by atoms with Crippen LogP contribution in [-0.2, 0) is 33.2 Å². The minimum Gasteiger partial charge on any atom is -0.390 e. The molecule has 6 saturated heterocycles. The molecule has 6 aliphatic rings. The Morgan fingerprint density at radius 1 is 0.884 bits per heavy atom. The third-order valence-corrected chi connectivity index (χ3v) is 10.8. The Morgan fingerprint density at radius 2 is 1.67 bits per heavy atom. The number of hydrogen-bond acceptors (Lipinski definition) is 9. The molecular weight excluding hydrogens is 552 g/mol. The zero-order valence-corrected chi connectivity index (χ0v) is 25.8. The number of Topliss-reactive ketones (excluding diaryl/α,β-unsaturated/α-hetero) is 1. The smallest absolute Gasteiger partial charge is 0.135 e. The van der Waals surface area contributed by atoms with Crippen molar-refractivity contribution in [1.82, 2.24) is 0 Å². The third kappa shape index (κ3) is 7.46. The standard InChI is InChI=1S/C34H52O9/c1-4-23-12-26(20(3)17-40-23)27(13-25-9-19(2)16-39-25)31-14-28(36)34(43-31)32-15-29(37)33-30(42-32)6-5-24(41-33)11-22(35)10-21-7-8-38-18-21/h21,23-34,36-37H,2-18H2,1H3/t21?,23-,24?,25?,26+,27?,28+,29?,30?,31?,32?,33?,34?/m0/s1. The molecule has 0 aromatic heterocycles. The highest BCUT2D eigenvalue weighted by Crippen LogP contribution is 2.44. The molecule has 6 aliphatic heterocycles. The number of carbonyl (C=O) groups excluding carboxylic acids is 1. The van der Waals surface area contributed by atoms with Crippen molar-refractivity contribution in [2.45, 2.75) is 139 Å². The maximum absolute atomic E-state index is 12.7. The number of aliphatic hydroxyl groups excluding tert-OH is 2. The van der Waals surface area contributed by atoms with E-state index >= 15 is 0 Å². The van der Waals surface area contributed by atoms with E-state index in [2.05, 4.69) is 20.1 Å². The fourth-order valence-corrected chi connectivity index (χ4v) is 8.44. The van der Waals surface area contributed by atoms with E-state index < -0.39 is 30.5 Å². The van der Waals surface area contributed by atoms with Crippen LogP contribution in [0, 0.1) is 17.8 Å². The van der Waals surface area contributed by atoms with Crippen LogP contribution in [0.1, 0.15) is 77.6 Å². The molecule has 13 atom stereocenters.